The number of benzene rings is 1. The fourth-order valence-corrected chi connectivity index (χ4v) is 1.88. The monoisotopic (exact) mass is 209 g/mol. The van der Waals surface area contributed by atoms with Crippen molar-refractivity contribution in [2.24, 2.45) is 0 Å². The maximum Gasteiger partial charge on any atom is 0.0949 e. The second-order valence-corrected chi connectivity index (χ2v) is 4.17. The Labute approximate surface area is 86.0 Å². The standard InChI is InChI=1S/C10H8ClNS/c11-10-6-9(7-13-10)12-8-4-2-1-3-5-8/h1-7,12H. The molecule has 2 aromatic rings. The van der Waals surface area contributed by atoms with Crippen LogP contribution in [0, 0.1) is 0 Å². The average Bonchev–Trinajstić information content (AvgIpc) is 2.53. The van der Waals surface area contributed by atoms with E-state index in [1.54, 1.807) is 0 Å². The molecule has 1 N–H and O–H groups in total. The summed E-state index contributed by atoms with van der Waals surface area (Å²) in [4.78, 5) is 0. The number of halogens is 1. The molecule has 3 heteroatoms. The van der Waals surface area contributed by atoms with Crippen LogP contribution in [0.1, 0.15) is 0 Å². The van der Waals surface area contributed by atoms with Crippen LogP contribution in [0.2, 0.25) is 4.34 Å². The van der Waals surface area contributed by atoms with Crippen LogP contribution in [0.25, 0.3) is 0 Å². The number of anilines is 2. The largest absolute Gasteiger partial charge is 0.355 e. The van der Waals surface area contributed by atoms with Crippen molar-refractivity contribution in [3.05, 3.63) is 46.1 Å². The minimum absolute atomic E-state index is 0.804. The Bertz CT molecular complexity index is 383. The van der Waals surface area contributed by atoms with E-state index in [2.05, 4.69) is 5.32 Å². The highest BCUT2D eigenvalue weighted by molar-refractivity contribution is 7.14. The molecule has 0 atom stereocenters. The Morgan fingerprint density at radius 1 is 1.08 bits per heavy atom. The lowest BCUT2D eigenvalue weighted by atomic mass is 10.3. The van der Waals surface area contributed by atoms with Crippen molar-refractivity contribution in [1.29, 1.82) is 0 Å². The first-order chi connectivity index (χ1) is 6.34. The molecule has 0 bridgehead atoms. The lowest BCUT2D eigenvalue weighted by Crippen LogP contribution is -1.85. The Hall–Kier alpha value is -0.990. The normalized spacial score (nSPS) is 9.92. The summed E-state index contributed by atoms with van der Waals surface area (Å²) in [7, 11) is 0. The van der Waals surface area contributed by atoms with Gasteiger partial charge in [0.25, 0.3) is 0 Å². The first kappa shape index (κ1) is 8.60. The highest BCUT2D eigenvalue weighted by Crippen LogP contribution is 2.26. The van der Waals surface area contributed by atoms with Crippen molar-refractivity contribution >= 4 is 34.3 Å². The Balaban J connectivity index is 2.15. The third-order valence-corrected chi connectivity index (χ3v) is 2.72. The van der Waals surface area contributed by atoms with Gasteiger partial charge in [-0.25, -0.2) is 0 Å². The molecule has 0 unspecified atom stereocenters. The van der Waals surface area contributed by atoms with Crippen LogP contribution in [0.15, 0.2) is 41.8 Å². The zero-order valence-electron chi connectivity index (χ0n) is 6.83. The number of hydrogen-bond acceptors (Lipinski definition) is 2. The van der Waals surface area contributed by atoms with E-state index in [-0.39, 0.29) is 0 Å². The summed E-state index contributed by atoms with van der Waals surface area (Å²) in [6.45, 7) is 0. The van der Waals surface area contributed by atoms with Gasteiger partial charge < -0.3 is 5.32 Å². The molecule has 0 amide bonds. The Kier molecular flexibility index (Phi) is 2.52. The average molecular weight is 210 g/mol. The fraction of sp³-hybridized carbons (Fsp3) is 0. The van der Waals surface area contributed by atoms with Gasteiger partial charge in [-0.3, -0.25) is 0 Å². The predicted molar refractivity (Wildman–Crippen MR) is 59.1 cm³/mol. The second kappa shape index (κ2) is 3.81. The molecule has 66 valence electrons. The summed E-state index contributed by atoms with van der Waals surface area (Å²) < 4.78 is 0.804. The van der Waals surface area contributed by atoms with Crippen molar-refractivity contribution in [2.75, 3.05) is 5.32 Å². The predicted octanol–water partition coefficient (Wildman–Crippen LogP) is 4.15. The summed E-state index contributed by atoms with van der Waals surface area (Å²) in [6.07, 6.45) is 0. The quantitative estimate of drug-likeness (QED) is 0.784. The molecule has 2 rings (SSSR count). The molecule has 1 heterocycles. The van der Waals surface area contributed by atoms with Crippen LogP contribution in [0.3, 0.4) is 0 Å². The van der Waals surface area contributed by atoms with Gasteiger partial charge in [-0.2, -0.15) is 0 Å². The number of rotatable bonds is 2. The lowest BCUT2D eigenvalue weighted by molar-refractivity contribution is 1.59. The van der Waals surface area contributed by atoms with E-state index >= 15 is 0 Å². The van der Waals surface area contributed by atoms with E-state index in [0.29, 0.717) is 0 Å². The maximum absolute atomic E-state index is 5.81. The van der Waals surface area contributed by atoms with Crippen LogP contribution in [0.4, 0.5) is 11.4 Å². The van der Waals surface area contributed by atoms with Gasteiger partial charge in [0.15, 0.2) is 0 Å². The molecule has 13 heavy (non-hydrogen) atoms. The zero-order valence-corrected chi connectivity index (χ0v) is 8.40. The number of thiophene rings is 1. The maximum atomic E-state index is 5.81. The van der Waals surface area contributed by atoms with Gasteiger partial charge in [0, 0.05) is 11.1 Å². The highest BCUT2D eigenvalue weighted by Gasteiger charge is 1.96. The summed E-state index contributed by atoms with van der Waals surface area (Å²) in [5.74, 6) is 0. The Morgan fingerprint density at radius 3 is 2.46 bits per heavy atom. The van der Waals surface area contributed by atoms with Crippen molar-refractivity contribution in [3.8, 4) is 0 Å². The molecule has 1 aromatic heterocycles. The van der Waals surface area contributed by atoms with Gasteiger partial charge in [0.1, 0.15) is 0 Å². The first-order valence-electron chi connectivity index (χ1n) is 3.91. The first-order valence-corrected chi connectivity index (χ1v) is 5.16. The topological polar surface area (TPSA) is 12.0 Å². The van der Waals surface area contributed by atoms with Gasteiger partial charge in [-0.05, 0) is 18.2 Å². The summed E-state index contributed by atoms with van der Waals surface area (Å²) >= 11 is 7.33. The molecule has 0 aliphatic heterocycles. The summed E-state index contributed by atoms with van der Waals surface area (Å²) in [5.41, 5.74) is 2.12. The van der Waals surface area contributed by atoms with Gasteiger partial charge in [-0.1, -0.05) is 29.8 Å². The van der Waals surface area contributed by atoms with E-state index in [4.69, 9.17) is 11.6 Å². The van der Waals surface area contributed by atoms with Crippen molar-refractivity contribution in [1.82, 2.24) is 0 Å². The zero-order chi connectivity index (χ0) is 9.10. The fourth-order valence-electron chi connectivity index (χ4n) is 1.06. The number of hydrogen-bond donors (Lipinski definition) is 1. The summed E-state index contributed by atoms with van der Waals surface area (Å²) in [5, 5.41) is 5.25. The molecule has 1 nitrogen and oxygen atoms in total. The minimum Gasteiger partial charge on any atom is -0.355 e. The van der Waals surface area contributed by atoms with Gasteiger partial charge in [-0.15, -0.1) is 11.3 Å². The van der Waals surface area contributed by atoms with E-state index in [9.17, 15) is 0 Å². The van der Waals surface area contributed by atoms with Crippen LogP contribution in [-0.4, -0.2) is 0 Å². The molecule has 0 fully saturated rings. The van der Waals surface area contributed by atoms with Crippen molar-refractivity contribution in [3.63, 3.8) is 0 Å². The molecule has 0 spiro atoms. The van der Waals surface area contributed by atoms with E-state index in [0.717, 1.165) is 15.7 Å². The van der Waals surface area contributed by atoms with Crippen LogP contribution in [0.5, 0.6) is 0 Å². The van der Waals surface area contributed by atoms with E-state index < -0.39 is 0 Å². The molecule has 0 aliphatic carbocycles. The van der Waals surface area contributed by atoms with Crippen LogP contribution < -0.4 is 5.32 Å². The van der Waals surface area contributed by atoms with Gasteiger partial charge in [0.2, 0.25) is 0 Å². The second-order valence-electron chi connectivity index (χ2n) is 2.63. The Morgan fingerprint density at radius 2 is 1.85 bits per heavy atom. The van der Waals surface area contributed by atoms with Crippen molar-refractivity contribution < 1.29 is 0 Å². The highest BCUT2D eigenvalue weighted by atomic mass is 35.5. The summed E-state index contributed by atoms with van der Waals surface area (Å²) in [6, 6.07) is 11.9. The van der Waals surface area contributed by atoms with E-state index in [1.165, 1.54) is 11.3 Å². The van der Waals surface area contributed by atoms with E-state index in [1.807, 2.05) is 41.8 Å². The molecule has 0 saturated carbocycles. The van der Waals surface area contributed by atoms with Gasteiger partial charge in [0.05, 0.1) is 10.0 Å². The third-order valence-electron chi connectivity index (χ3n) is 1.63. The van der Waals surface area contributed by atoms with Crippen molar-refractivity contribution in [2.45, 2.75) is 0 Å². The number of para-hydroxylation sites is 1. The lowest BCUT2D eigenvalue weighted by Gasteiger charge is -2.01. The van der Waals surface area contributed by atoms with Crippen LogP contribution >= 0.6 is 22.9 Å². The minimum atomic E-state index is 0.804. The molecular weight excluding hydrogens is 202 g/mol. The molecule has 1 aromatic carbocycles. The molecular formula is C10H8ClNS. The smallest absolute Gasteiger partial charge is 0.0949 e. The van der Waals surface area contributed by atoms with Gasteiger partial charge >= 0.3 is 0 Å². The molecule has 0 aliphatic rings. The molecule has 0 radical (unpaired) electrons. The SMILES string of the molecule is Clc1cc(Nc2ccccc2)cs1. The van der Waals surface area contributed by atoms with Crippen LogP contribution in [-0.2, 0) is 0 Å². The number of nitrogens with one attached hydrogen (secondary N) is 1. The third kappa shape index (κ3) is 2.23. The molecule has 0 saturated heterocycles.